The number of anilines is 2. The normalized spacial score (nSPS) is 11.4. The second-order valence-corrected chi connectivity index (χ2v) is 7.62. The maximum atomic E-state index is 12.0. The van der Waals surface area contributed by atoms with Gasteiger partial charge in [0.15, 0.2) is 0 Å². The number of rotatable bonds is 5. The van der Waals surface area contributed by atoms with Crippen LogP contribution in [0.1, 0.15) is 13.8 Å². The van der Waals surface area contributed by atoms with Crippen molar-refractivity contribution < 1.29 is 13.2 Å². The largest absolute Gasteiger partial charge is 0.326 e. The molecule has 0 unspecified atom stereocenters. The first-order chi connectivity index (χ1) is 9.88. The predicted octanol–water partition coefficient (Wildman–Crippen LogP) is 3.14. The van der Waals surface area contributed by atoms with Crippen molar-refractivity contribution in [2.75, 3.05) is 10.0 Å². The Bertz CT molecular complexity index is 705. The number of hydrogen-bond acceptors (Lipinski definition) is 4. The van der Waals surface area contributed by atoms with Gasteiger partial charge in [0.2, 0.25) is 5.91 Å². The summed E-state index contributed by atoms with van der Waals surface area (Å²) in [7, 11) is -3.54. The van der Waals surface area contributed by atoms with E-state index in [1.54, 1.807) is 55.6 Å². The molecule has 112 valence electrons. The lowest BCUT2D eigenvalue weighted by Gasteiger charge is -2.09. The van der Waals surface area contributed by atoms with Crippen LogP contribution in [0.25, 0.3) is 0 Å². The molecule has 0 radical (unpaired) electrons. The topological polar surface area (TPSA) is 75.3 Å². The van der Waals surface area contributed by atoms with Crippen molar-refractivity contribution in [3.8, 4) is 0 Å². The summed E-state index contributed by atoms with van der Waals surface area (Å²) >= 11 is 1.16. The molecule has 2 N–H and O–H groups in total. The average Bonchev–Trinajstić information content (AvgIpc) is 2.95. The monoisotopic (exact) mass is 324 g/mol. The van der Waals surface area contributed by atoms with Crippen molar-refractivity contribution in [3.05, 3.63) is 41.8 Å². The van der Waals surface area contributed by atoms with Crippen molar-refractivity contribution in [2.45, 2.75) is 18.1 Å². The molecular formula is C14H16N2O3S2. The molecule has 0 aliphatic heterocycles. The number of hydrogen-bond donors (Lipinski definition) is 2. The number of amides is 1. The second-order valence-electron chi connectivity index (χ2n) is 4.76. The van der Waals surface area contributed by atoms with Crippen LogP contribution in [-0.4, -0.2) is 14.3 Å². The van der Waals surface area contributed by atoms with Crippen molar-refractivity contribution in [2.24, 2.45) is 5.92 Å². The van der Waals surface area contributed by atoms with Crippen molar-refractivity contribution in [1.82, 2.24) is 0 Å². The molecule has 1 heterocycles. The minimum absolute atomic E-state index is 0.0816. The molecule has 0 atom stereocenters. The first-order valence-corrected chi connectivity index (χ1v) is 8.72. The molecule has 5 nitrogen and oxygen atoms in total. The standard InChI is InChI=1S/C14H16N2O3S2/c1-10(2)14(17)15-11-5-7-12(8-6-11)16-21(18,19)13-4-3-9-20-13/h3-10,16H,1-2H3,(H,15,17). The molecule has 7 heteroatoms. The van der Waals surface area contributed by atoms with E-state index in [0.717, 1.165) is 11.3 Å². The van der Waals surface area contributed by atoms with Crippen LogP contribution in [0.3, 0.4) is 0 Å². The summed E-state index contributed by atoms with van der Waals surface area (Å²) in [5.74, 6) is -0.191. The van der Waals surface area contributed by atoms with Crippen LogP contribution in [0.2, 0.25) is 0 Å². The van der Waals surface area contributed by atoms with Gasteiger partial charge in [0.1, 0.15) is 4.21 Å². The number of carbonyl (C=O) groups excluding carboxylic acids is 1. The van der Waals surface area contributed by atoms with E-state index in [-0.39, 0.29) is 16.0 Å². The zero-order chi connectivity index (χ0) is 15.5. The van der Waals surface area contributed by atoms with Gasteiger partial charge in [0.25, 0.3) is 10.0 Å². The number of carbonyl (C=O) groups is 1. The SMILES string of the molecule is CC(C)C(=O)Nc1ccc(NS(=O)(=O)c2cccs2)cc1. The van der Waals surface area contributed by atoms with E-state index in [1.807, 2.05) is 0 Å². The Morgan fingerprint density at radius 2 is 1.71 bits per heavy atom. The first kappa shape index (κ1) is 15.5. The highest BCUT2D eigenvalue weighted by molar-refractivity contribution is 7.94. The third-order valence-corrected chi connectivity index (χ3v) is 5.47. The highest BCUT2D eigenvalue weighted by Gasteiger charge is 2.15. The summed E-state index contributed by atoms with van der Waals surface area (Å²) in [5.41, 5.74) is 1.08. The summed E-state index contributed by atoms with van der Waals surface area (Å²) in [6.45, 7) is 3.61. The fraction of sp³-hybridized carbons (Fsp3) is 0.214. The van der Waals surface area contributed by atoms with Crippen LogP contribution in [0.5, 0.6) is 0 Å². The van der Waals surface area contributed by atoms with E-state index in [0.29, 0.717) is 11.4 Å². The second kappa shape index (κ2) is 6.28. The zero-order valence-electron chi connectivity index (χ0n) is 11.7. The zero-order valence-corrected chi connectivity index (χ0v) is 13.3. The lowest BCUT2D eigenvalue weighted by atomic mass is 10.2. The maximum Gasteiger partial charge on any atom is 0.271 e. The molecule has 2 aromatic rings. The quantitative estimate of drug-likeness (QED) is 0.887. The third-order valence-electron chi connectivity index (χ3n) is 2.69. The van der Waals surface area contributed by atoms with Gasteiger partial charge in [-0.3, -0.25) is 9.52 Å². The van der Waals surface area contributed by atoms with E-state index < -0.39 is 10.0 Å². The summed E-state index contributed by atoms with van der Waals surface area (Å²) in [6, 6.07) is 9.77. The molecule has 0 aliphatic carbocycles. The Hall–Kier alpha value is -1.86. The lowest BCUT2D eigenvalue weighted by Crippen LogP contribution is -2.17. The number of thiophene rings is 1. The van der Waals surface area contributed by atoms with Gasteiger partial charge >= 0.3 is 0 Å². The molecule has 0 fully saturated rings. The first-order valence-electron chi connectivity index (χ1n) is 6.36. The number of benzene rings is 1. The number of sulfonamides is 1. The van der Waals surface area contributed by atoms with Crippen LogP contribution in [0.4, 0.5) is 11.4 Å². The van der Waals surface area contributed by atoms with Gasteiger partial charge in [-0.1, -0.05) is 19.9 Å². The van der Waals surface area contributed by atoms with E-state index in [4.69, 9.17) is 0 Å². The average molecular weight is 324 g/mol. The molecule has 1 aromatic heterocycles. The van der Waals surface area contributed by atoms with Crippen LogP contribution < -0.4 is 10.0 Å². The van der Waals surface area contributed by atoms with Gasteiger partial charge in [-0.05, 0) is 35.7 Å². The lowest BCUT2D eigenvalue weighted by molar-refractivity contribution is -0.118. The molecule has 0 aliphatic rings. The van der Waals surface area contributed by atoms with Gasteiger partial charge in [-0.15, -0.1) is 11.3 Å². The minimum atomic E-state index is -3.54. The Morgan fingerprint density at radius 3 is 2.24 bits per heavy atom. The van der Waals surface area contributed by atoms with Gasteiger partial charge in [-0.2, -0.15) is 0 Å². The molecule has 0 saturated heterocycles. The molecule has 2 rings (SSSR count). The molecule has 0 spiro atoms. The minimum Gasteiger partial charge on any atom is -0.326 e. The van der Waals surface area contributed by atoms with Crippen LogP contribution >= 0.6 is 11.3 Å². The van der Waals surface area contributed by atoms with Gasteiger partial charge in [-0.25, -0.2) is 8.42 Å². The summed E-state index contributed by atoms with van der Waals surface area (Å²) < 4.78 is 26.8. The molecule has 0 saturated carbocycles. The Labute approximate surface area is 128 Å². The smallest absolute Gasteiger partial charge is 0.271 e. The Morgan fingerprint density at radius 1 is 1.10 bits per heavy atom. The molecule has 1 aromatic carbocycles. The van der Waals surface area contributed by atoms with Gasteiger partial charge < -0.3 is 5.32 Å². The predicted molar refractivity (Wildman–Crippen MR) is 85.0 cm³/mol. The van der Waals surface area contributed by atoms with Gasteiger partial charge in [0.05, 0.1) is 0 Å². The van der Waals surface area contributed by atoms with Crippen LogP contribution in [0.15, 0.2) is 46.0 Å². The molecule has 21 heavy (non-hydrogen) atoms. The summed E-state index contributed by atoms with van der Waals surface area (Å²) in [4.78, 5) is 11.6. The molecule has 1 amide bonds. The van der Waals surface area contributed by atoms with E-state index in [9.17, 15) is 13.2 Å². The summed E-state index contributed by atoms with van der Waals surface area (Å²) in [5, 5.41) is 4.45. The third kappa shape index (κ3) is 4.05. The van der Waals surface area contributed by atoms with Crippen molar-refractivity contribution in [3.63, 3.8) is 0 Å². The van der Waals surface area contributed by atoms with Crippen molar-refractivity contribution >= 4 is 38.6 Å². The highest BCUT2D eigenvalue weighted by Crippen LogP contribution is 2.21. The van der Waals surface area contributed by atoms with Crippen molar-refractivity contribution in [1.29, 1.82) is 0 Å². The molecular weight excluding hydrogens is 308 g/mol. The van der Waals surface area contributed by atoms with Gasteiger partial charge in [0, 0.05) is 17.3 Å². The van der Waals surface area contributed by atoms with E-state index in [1.165, 1.54) is 0 Å². The number of nitrogens with one attached hydrogen (secondary N) is 2. The highest BCUT2D eigenvalue weighted by atomic mass is 32.2. The molecule has 0 bridgehead atoms. The Kier molecular flexibility index (Phi) is 4.64. The fourth-order valence-electron chi connectivity index (χ4n) is 1.53. The maximum absolute atomic E-state index is 12.0. The van der Waals surface area contributed by atoms with Crippen LogP contribution in [-0.2, 0) is 14.8 Å². The van der Waals surface area contributed by atoms with E-state index in [2.05, 4.69) is 10.0 Å². The van der Waals surface area contributed by atoms with Crippen LogP contribution in [0, 0.1) is 5.92 Å². The fourth-order valence-corrected chi connectivity index (χ4v) is 3.58. The summed E-state index contributed by atoms with van der Waals surface area (Å²) in [6.07, 6.45) is 0. The Balaban J connectivity index is 2.08. The van der Waals surface area contributed by atoms with E-state index >= 15 is 0 Å².